The topological polar surface area (TPSA) is 9.23 Å². The molecule has 1 nitrogen and oxygen atoms in total. The van der Waals surface area contributed by atoms with Gasteiger partial charge in [0.15, 0.2) is 11.6 Å². The second-order valence-electron chi connectivity index (χ2n) is 8.88. The van der Waals surface area contributed by atoms with Crippen LogP contribution in [0.15, 0.2) is 36.4 Å². The average Bonchev–Trinajstić information content (AvgIpc) is 2.83. The van der Waals surface area contributed by atoms with E-state index < -0.39 is 11.6 Å². The van der Waals surface area contributed by atoms with Crippen LogP contribution in [0.4, 0.5) is 8.78 Å². The third-order valence-electron chi connectivity index (χ3n) is 6.12. The van der Waals surface area contributed by atoms with Gasteiger partial charge in [0, 0.05) is 5.56 Å². The van der Waals surface area contributed by atoms with Crippen LogP contribution in [0.1, 0.15) is 107 Å². The molecule has 0 aliphatic rings. The SMILES string of the molecule is CCCCCCCCCCCCCCCc1ccc(C#Cc2ccc(F)c(F)c2OC)cc1. The number of halogens is 2. The van der Waals surface area contributed by atoms with E-state index in [2.05, 4.69) is 30.9 Å². The van der Waals surface area contributed by atoms with Gasteiger partial charge in [-0.05, 0) is 42.7 Å². The summed E-state index contributed by atoms with van der Waals surface area (Å²) in [4.78, 5) is 0. The van der Waals surface area contributed by atoms with E-state index in [0.717, 1.165) is 18.1 Å². The van der Waals surface area contributed by atoms with Crippen molar-refractivity contribution in [2.75, 3.05) is 7.11 Å². The molecule has 0 atom stereocenters. The van der Waals surface area contributed by atoms with Gasteiger partial charge in [0.1, 0.15) is 0 Å². The minimum absolute atomic E-state index is 0.151. The van der Waals surface area contributed by atoms with Gasteiger partial charge in [-0.2, -0.15) is 4.39 Å². The lowest BCUT2D eigenvalue weighted by molar-refractivity contribution is 0.370. The fourth-order valence-electron chi connectivity index (χ4n) is 4.07. The van der Waals surface area contributed by atoms with Gasteiger partial charge in [-0.25, -0.2) is 4.39 Å². The van der Waals surface area contributed by atoms with E-state index in [1.807, 2.05) is 12.1 Å². The summed E-state index contributed by atoms with van der Waals surface area (Å²) in [5.74, 6) is 3.80. The van der Waals surface area contributed by atoms with Crippen LogP contribution < -0.4 is 4.74 Å². The molecule has 0 saturated heterocycles. The molecule has 0 fully saturated rings. The molecule has 0 aliphatic carbocycles. The second kappa shape index (κ2) is 16.3. The summed E-state index contributed by atoms with van der Waals surface area (Å²) in [7, 11) is 1.31. The van der Waals surface area contributed by atoms with Crippen LogP contribution in [0.5, 0.6) is 5.75 Å². The number of methoxy groups -OCH3 is 1. The summed E-state index contributed by atoms with van der Waals surface area (Å²) >= 11 is 0. The largest absolute Gasteiger partial charge is 0.492 e. The lowest BCUT2D eigenvalue weighted by atomic mass is 10.0. The Hall–Kier alpha value is -2.34. The van der Waals surface area contributed by atoms with Gasteiger partial charge < -0.3 is 4.74 Å². The Kier molecular flexibility index (Phi) is 13.3. The maximum Gasteiger partial charge on any atom is 0.201 e. The Balaban J connectivity index is 1.61. The first kappa shape index (κ1) is 26.9. The third kappa shape index (κ3) is 10.4. The first-order valence-electron chi connectivity index (χ1n) is 12.8. The zero-order valence-electron chi connectivity index (χ0n) is 20.5. The Morgan fingerprint density at radius 1 is 0.667 bits per heavy atom. The van der Waals surface area contributed by atoms with Crippen molar-refractivity contribution < 1.29 is 13.5 Å². The molecular weight excluding hydrogens is 414 g/mol. The molecule has 0 spiro atoms. The Morgan fingerprint density at radius 3 is 1.76 bits per heavy atom. The molecule has 0 radical (unpaired) electrons. The van der Waals surface area contributed by atoms with E-state index in [1.165, 1.54) is 102 Å². The lowest BCUT2D eigenvalue weighted by Crippen LogP contribution is -1.95. The van der Waals surface area contributed by atoms with E-state index in [4.69, 9.17) is 4.74 Å². The maximum atomic E-state index is 13.8. The highest BCUT2D eigenvalue weighted by atomic mass is 19.2. The Bertz CT molecular complexity index is 861. The first-order valence-corrected chi connectivity index (χ1v) is 12.8. The predicted octanol–water partition coefficient (Wildman–Crippen LogP) is 9.01. The van der Waals surface area contributed by atoms with Gasteiger partial charge in [0.25, 0.3) is 0 Å². The molecule has 180 valence electrons. The quantitative estimate of drug-likeness (QED) is 0.193. The first-order chi connectivity index (χ1) is 16.2. The van der Waals surface area contributed by atoms with Crippen molar-refractivity contribution >= 4 is 0 Å². The van der Waals surface area contributed by atoms with Gasteiger partial charge in [0.2, 0.25) is 5.82 Å². The van der Waals surface area contributed by atoms with Crippen LogP contribution >= 0.6 is 0 Å². The number of ether oxygens (including phenoxy) is 1. The predicted molar refractivity (Wildman–Crippen MR) is 135 cm³/mol. The highest BCUT2D eigenvalue weighted by molar-refractivity contribution is 5.50. The van der Waals surface area contributed by atoms with E-state index in [0.29, 0.717) is 5.56 Å². The molecule has 0 amide bonds. The van der Waals surface area contributed by atoms with Crippen LogP contribution in [-0.2, 0) is 6.42 Å². The number of benzene rings is 2. The molecular formula is C30H40F2O. The van der Waals surface area contributed by atoms with E-state index in [1.54, 1.807) is 0 Å². The minimum atomic E-state index is -1.00. The van der Waals surface area contributed by atoms with Gasteiger partial charge in [-0.3, -0.25) is 0 Å². The van der Waals surface area contributed by atoms with Crippen molar-refractivity contribution in [1.82, 2.24) is 0 Å². The summed E-state index contributed by atoms with van der Waals surface area (Å²) in [6.45, 7) is 2.27. The summed E-state index contributed by atoms with van der Waals surface area (Å²) in [5.41, 5.74) is 2.50. The van der Waals surface area contributed by atoms with E-state index >= 15 is 0 Å². The average molecular weight is 455 g/mol. The molecule has 2 aromatic carbocycles. The number of hydrogen-bond acceptors (Lipinski definition) is 1. The highest BCUT2D eigenvalue weighted by Crippen LogP contribution is 2.24. The van der Waals surface area contributed by atoms with Crippen LogP contribution in [0, 0.1) is 23.5 Å². The summed E-state index contributed by atoms with van der Waals surface area (Å²) in [6.07, 6.45) is 18.9. The lowest BCUT2D eigenvalue weighted by Gasteiger charge is -2.05. The van der Waals surface area contributed by atoms with Gasteiger partial charge in [-0.15, -0.1) is 0 Å². The number of aryl methyl sites for hydroxylation is 1. The summed E-state index contributed by atoms with van der Waals surface area (Å²) in [6, 6.07) is 10.7. The number of hydrogen-bond donors (Lipinski definition) is 0. The van der Waals surface area contributed by atoms with Crippen LogP contribution in [0.25, 0.3) is 0 Å². The summed E-state index contributed by atoms with van der Waals surface area (Å²) in [5, 5.41) is 0. The number of rotatable bonds is 15. The molecule has 0 bridgehead atoms. The molecule has 0 unspecified atom stereocenters. The van der Waals surface area contributed by atoms with Crippen LogP contribution in [0.3, 0.4) is 0 Å². The van der Waals surface area contributed by atoms with Crippen molar-refractivity contribution in [3.8, 4) is 17.6 Å². The van der Waals surface area contributed by atoms with Crippen LogP contribution in [0.2, 0.25) is 0 Å². The van der Waals surface area contributed by atoms with Crippen molar-refractivity contribution in [3.63, 3.8) is 0 Å². The monoisotopic (exact) mass is 454 g/mol. The van der Waals surface area contributed by atoms with Crippen LogP contribution in [-0.4, -0.2) is 7.11 Å². The van der Waals surface area contributed by atoms with Crippen molar-refractivity contribution in [3.05, 3.63) is 64.7 Å². The van der Waals surface area contributed by atoms with E-state index in [9.17, 15) is 8.78 Å². The van der Waals surface area contributed by atoms with Crippen molar-refractivity contribution in [2.45, 2.75) is 96.8 Å². The maximum absolute atomic E-state index is 13.8. The zero-order valence-corrected chi connectivity index (χ0v) is 20.5. The fourth-order valence-corrected chi connectivity index (χ4v) is 4.07. The third-order valence-corrected chi connectivity index (χ3v) is 6.12. The fraction of sp³-hybridized carbons (Fsp3) is 0.533. The molecule has 0 N–H and O–H groups in total. The standard InChI is InChI=1S/C30H40F2O/c1-3-4-5-6-7-8-9-10-11-12-13-14-15-16-25-17-19-26(20-18-25)21-22-27-23-24-28(31)29(32)30(27)33-2/h17-20,23-24H,3-16H2,1-2H3. The van der Waals surface area contributed by atoms with Gasteiger partial charge >= 0.3 is 0 Å². The molecule has 0 heterocycles. The normalized spacial score (nSPS) is 10.7. The highest BCUT2D eigenvalue weighted by Gasteiger charge is 2.12. The molecule has 3 heteroatoms. The smallest absolute Gasteiger partial charge is 0.201 e. The van der Waals surface area contributed by atoms with Crippen molar-refractivity contribution in [2.24, 2.45) is 0 Å². The van der Waals surface area contributed by atoms with Gasteiger partial charge in [0.05, 0.1) is 12.7 Å². The second-order valence-corrected chi connectivity index (χ2v) is 8.88. The van der Waals surface area contributed by atoms with Gasteiger partial charge in [-0.1, -0.05) is 108 Å². The molecule has 0 saturated carbocycles. The summed E-state index contributed by atoms with van der Waals surface area (Å²) < 4.78 is 32.1. The van der Waals surface area contributed by atoms with Crippen molar-refractivity contribution in [1.29, 1.82) is 0 Å². The molecule has 33 heavy (non-hydrogen) atoms. The van der Waals surface area contributed by atoms with E-state index in [-0.39, 0.29) is 5.75 Å². The molecule has 2 rings (SSSR count). The Labute approximate surface area is 200 Å². The molecule has 0 aliphatic heterocycles. The molecule has 2 aromatic rings. The molecule has 0 aromatic heterocycles. The Morgan fingerprint density at radius 2 is 1.21 bits per heavy atom. The number of unbranched alkanes of at least 4 members (excludes halogenated alkanes) is 12. The zero-order chi connectivity index (χ0) is 23.7. The minimum Gasteiger partial charge on any atom is -0.492 e.